The Morgan fingerprint density at radius 3 is 2.50 bits per heavy atom. The van der Waals surface area contributed by atoms with Crippen molar-refractivity contribution in [2.24, 2.45) is 0 Å². The number of hydrogen-bond donors (Lipinski definition) is 1. The van der Waals surface area contributed by atoms with Crippen LogP contribution in [-0.4, -0.2) is 31.7 Å². The number of nitriles is 1. The van der Waals surface area contributed by atoms with Crippen LogP contribution in [0.5, 0.6) is 0 Å². The number of amides is 1. The van der Waals surface area contributed by atoms with Crippen molar-refractivity contribution in [3.05, 3.63) is 46.2 Å². The van der Waals surface area contributed by atoms with Crippen molar-refractivity contribution in [2.45, 2.75) is 17.7 Å². The summed E-state index contributed by atoms with van der Waals surface area (Å²) in [5.74, 6) is -0.368. The van der Waals surface area contributed by atoms with Gasteiger partial charge in [-0.25, -0.2) is 8.42 Å². The number of thiophene rings is 1. The van der Waals surface area contributed by atoms with Crippen LogP contribution in [0.25, 0.3) is 0 Å². The van der Waals surface area contributed by atoms with Gasteiger partial charge in [-0.15, -0.1) is 11.3 Å². The fraction of sp³-hybridized carbons (Fsp3) is 0.250. The van der Waals surface area contributed by atoms with Crippen molar-refractivity contribution >= 4 is 33.0 Å². The van der Waals surface area contributed by atoms with Crippen LogP contribution in [0.4, 0.5) is 5.69 Å². The predicted molar refractivity (Wildman–Crippen MR) is 91.4 cm³/mol. The van der Waals surface area contributed by atoms with Gasteiger partial charge in [-0.1, -0.05) is 0 Å². The van der Waals surface area contributed by atoms with Gasteiger partial charge in [-0.05, 0) is 43.2 Å². The number of nitrogens with one attached hydrogen (secondary N) is 1. The second-order valence-electron chi connectivity index (χ2n) is 5.40. The third-order valence-corrected chi connectivity index (χ3v) is 6.73. The van der Waals surface area contributed by atoms with Gasteiger partial charge in [-0.2, -0.15) is 9.57 Å². The molecule has 0 aliphatic carbocycles. The van der Waals surface area contributed by atoms with Crippen molar-refractivity contribution < 1.29 is 13.2 Å². The normalized spacial score (nSPS) is 15.1. The summed E-state index contributed by atoms with van der Waals surface area (Å²) in [6.07, 6.45) is 1.74. The van der Waals surface area contributed by atoms with E-state index in [0.29, 0.717) is 29.2 Å². The fourth-order valence-electron chi connectivity index (χ4n) is 2.47. The first kappa shape index (κ1) is 16.6. The Labute approximate surface area is 144 Å². The molecule has 0 bridgehead atoms. The summed E-state index contributed by atoms with van der Waals surface area (Å²) in [4.78, 5) is 12.8. The number of carbonyl (C=O) groups is 1. The molecule has 0 unspecified atom stereocenters. The van der Waals surface area contributed by atoms with E-state index in [4.69, 9.17) is 5.26 Å². The second kappa shape index (κ2) is 6.73. The number of carbonyl (C=O) groups excluding carboxylic acids is 1. The summed E-state index contributed by atoms with van der Waals surface area (Å²) in [5.41, 5.74) is 1.06. The van der Waals surface area contributed by atoms with Crippen LogP contribution in [0.1, 0.15) is 28.1 Å². The van der Waals surface area contributed by atoms with Gasteiger partial charge >= 0.3 is 0 Å². The monoisotopic (exact) mass is 361 g/mol. The molecule has 1 N–H and O–H groups in total. The first-order valence-corrected chi connectivity index (χ1v) is 9.73. The molecule has 1 amide bonds. The summed E-state index contributed by atoms with van der Waals surface area (Å²) in [6, 6.07) is 9.89. The van der Waals surface area contributed by atoms with Crippen LogP contribution >= 0.6 is 11.3 Å². The number of anilines is 1. The smallest absolute Gasteiger partial charge is 0.265 e. The van der Waals surface area contributed by atoms with E-state index >= 15 is 0 Å². The predicted octanol–water partition coefficient (Wildman–Crippen LogP) is 2.66. The second-order valence-corrected chi connectivity index (χ2v) is 8.25. The van der Waals surface area contributed by atoms with Crippen LogP contribution in [0.2, 0.25) is 0 Å². The van der Waals surface area contributed by atoms with E-state index in [1.165, 1.54) is 15.8 Å². The summed E-state index contributed by atoms with van der Waals surface area (Å²) in [7, 11) is -3.51. The number of rotatable bonds is 4. The molecule has 8 heteroatoms. The largest absolute Gasteiger partial charge is 0.321 e. The zero-order chi connectivity index (χ0) is 17.2. The third-order valence-electron chi connectivity index (χ3n) is 3.77. The highest BCUT2D eigenvalue weighted by atomic mass is 32.2. The standard InChI is InChI=1S/C16H15N3O3S2/c17-10-12-3-5-13(6-4-12)18-16(20)15-9-14(11-23-15)24(21,22)19-7-1-2-8-19/h3-6,9,11H,1-2,7-8H2,(H,18,20). The molecule has 2 heterocycles. The summed E-state index contributed by atoms with van der Waals surface area (Å²) < 4.78 is 26.4. The Morgan fingerprint density at radius 2 is 1.88 bits per heavy atom. The van der Waals surface area contributed by atoms with Gasteiger partial charge in [0.1, 0.15) is 0 Å². The molecule has 1 aliphatic rings. The SMILES string of the molecule is N#Cc1ccc(NC(=O)c2cc(S(=O)(=O)N3CCCC3)cs2)cc1. The van der Waals surface area contributed by atoms with E-state index < -0.39 is 10.0 Å². The Hall–Kier alpha value is -2.21. The lowest BCUT2D eigenvalue weighted by atomic mass is 10.2. The minimum atomic E-state index is -3.51. The van der Waals surface area contributed by atoms with Crippen LogP contribution in [-0.2, 0) is 10.0 Å². The van der Waals surface area contributed by atoms with E-state index in [1.54, 1.807) is 24.3 Å². The molecule has 6 nitrogen and oxygen atoms in total. The Balaban J connectivity index is 1.74. The van der Waals surface area contributed by atoms with Crippen LogP contribution in [0.3, 0.4) is 0 Å². The maximum Gasteiger partial charge on any atom is 0.265 e. The van der Waals surface area contributed by atoms with E-state index in [1.807, 2.05) is 6.07 Å². The van der Waals surface area contributed by atoms with Crippen LogP contribution < -0.4 is 5.32 Å². The number of nitrogens with zero attached hydrogens (tertiary/aromatic N) is 2. The van der Waals surface area contributed by atoms with Crippen molar-refractivity contribution in [3.63, 3.8) is 0 Å². The topological polar surface area (TPSA) is 90.3 Å². The molecule has 2 aromatic rings. The first-order valence-electron chi connectivity index (χ1n) is 7.41. The molecule has 1 saturated heterocycles. The van der Waals surface area contributed by atoms with Gasteiger partial charge in [0, 0.05) is 24.2 Å². The average molecular weight is 361 g/mol. The maximum absolute atomic E-state index is 12.5. The Bertz CT molecular complexity index is 889. The fourth-order valence-corrected chi connectivity index (χ4v) is 5.14. The molecule has 3 rings (SSSR count). The van der Waals surface area contributed by atoms with E-state index in [-0.39, 0.29) is 10.8 Å². The zero-order valence-corrected chi connectivity index (χ0v) is 14.4. The zero-order valence-electron chi connectivity index (χ0n) is 12.7. The summed E-state index contributed by atoms with van der Waals surface area (Å²) in [5, 5.41) is 13.0. The molecule has 124 valence electrons. The molecular formula is C16H15N3O3S2. The number of hydrogen-bond acceptors (Lipinski definition) is 5. The lowest BCUT2D eigenvalue weighted by Gasteiger charge is -2.13. The Morgan fingerprint density at radius 1 is 1.21 bits per heavy atom. The van der Waals surface area contributed by atoms with Gasteiger partial charge in [0.15, 0.2) is 0 Å². The lowest BCUT2D eigenvalue weighted by molar-refractivity contribution is 0.103. The summed E-state index contributed by atoms with van der Waals surface area (Å²) >= 11 is 1.10. The van der Waals surface area contributed by atoms with Gasteiger partial charge in [0.25, 0.3) is 5.91 Å². The highest BCUT2D eigenvalue weighted by Crippen LogP contribution is 2.26. The van der Waals surface area contributed by atoms with E-state index in [0.717, 1.165) is 24.2 Å². The van der Waals surface area contributed by atoms with Crippen LogP contribution in [0, 0.1) is 11.3 Å². The van der Waals surface area contributed by atoms with Gasteiger partial charge in [0.2, 0.25) is 10.0 Å². The third kappa shape index (κ3) is 3.33. The molecule has 1 fully saturated rings. The average Bonchev–Trinajstić information content (AvgIpc) is 3.27. The molecular weight excluding hydrogens is 346 g/mol. The maximum atomic E-state index is 12.5. The lowest BCUT2D eigenvalue weighted by Crippen LogP contribution is -2.27. The van der Waals surface area contributed by atoms with Gasteiger partial charge in [0.05, 0.1) is 21.4 Å². The van der Waals surface area contributed by atoms with Crippen molar-refractivity contribution in [1.82, 2.24) is 4.31 Å². The van der Waals surface area contributed by atoms with Gasteiger partial charge < -0.3 is 5.32 Å². The highest BCUT2D eigenvalue weighted by molar-refractivity contribution is 7.89. The Kier molecular flexibility index (Phi) is 4.66. The van der Waals surface area contributed by atoms with E-state index in [9.17, 15) is 13.2 Å². The minimum Gasteiger partial charge on any atom is -0.321 e. The molecule has 0 saturated carbocycles. The number of benzene rings is 1. The first-order chi connectivity index (χ1) is 11.5. The molecule has 0 spiro atoms. The van der Waals surface area contributed by atoms with Crippen molar-refractivity contribution in [1.29, 1.82) is 5.26 Å². The quantitative estimate of drug-likeness (QED) is 0.906. The molecule has 0 atom stereocenters. The summed E-state index contributed by atoms with van der Waals surface area (Å²) in [6.45, 7) is 1.07. The minimum absolute atomic E-state index is 0.166. The molecule has 1 aromatic carbocycles. The molecule has 24 heavy (non-hydrogen) atoms. The molecule has 0 radical (unpaired) electrons. The van der Waals surface area contributed by atoms with Gasteiger partial charge in [-0.3, -0.25) is 4.79 Å². The van der Waals surface area contributed by atoms with Crippen molar-refractivity contribution in [2.75, 3.05) is 18.4 Å². The molecule has 1 aliphatic heterocycles. The molecule has 1 aromatic heterocycles. The van der Waals surface area contributed by atoms with Crippen LogP contribution in [0.15, 0.2) is 40.6 Å². The number of sulfonamides is 1. The highest BCUT2D eigenvalue weighted by Gasteiger charge is 2.28. The van der Waals surface area contributed by atoms with E-state index in [2.05, 4.69) is 5.32 Å². The van der Waals surface area contributed by atoms with Crippen molar-refractivity contribution in [3.8, 4) is 6.07 Å².